The summed E-state index contributed by atoms with van der Waals surface area (Å²) < 4.78 is 4.98. The lowest BCUT2D eigenvalue weighted by molar-refractivity contribution is -0.137. The van der Waals surface area contributed by atoms with Crippen molar-refractivity contribution in [3.8, 4) is 5.75 Å². The highest BCUT2D eigenvalue weighted by Gasteiger charge is 2.10. The summed E-state index contributed by atoms with van der Waals surface area (Å²) in [5.41, 5.74) is 6.38. The molecule has 1 aromatic carbocycles. The van der Waals surface area contributed by atoms with Crippen molar-refractivity contribution in [1.82, 2.24) is 0 Å². The molecule has 0 bridgehead atoms. The molecular formula is C12H15NO4. The maximum absolute atomic E-state index is 11.0. The summed E-state index contributed by atoms with van der Waals surface area (Å²) in [6, 6.07) is 5.97. The number of carboxylic acids is 1. The first kappa shape index (κ1) is 13.2. The van der Waals surface area contributed by atoms with Crippen LogP contribution in [-0.4, -0.2) is 17.0 Å². The minimum atomic E-state index is -0.945. The first-order valence-electron chi connectivity index (χ1n) is 5.31. The van der Waals surface area contributed by atoms with E-state index in [0.717, 1.165) is 0 Å². The van der Waals surface area contributed by atoms with Crippen LogP contribution in [0.3, 0.4) is 0 Å². The van der Waals surface area contributed by atoms with Crippen molar-refractivity contribution in [2.75, 3.05) is 0 Å². The van der Waals surface area contributed by atoms with Crippen LogP contribution >= 0.6 is 0 Å². The number of hydrogen-bond acceptors (Lipinski definition) is 4. The third-order valence-electron chi connectivity index (χ3n) is 2.22. The molecule has 0 heterocycles. The molecule has 0 aliphatic heterocycles. The Morgan fingerprint density at radius 1 is 1.35 bits per heavy atom. The van der Waals surface area contributed by atoms with Crippen molar-refractivity contribution in [3.05, 3.63) is 29.8 Å². The molecule has 0 amide bonds. The Bertz CT molecular complexity index is 399. The van der Waals surface area contributed by atoms with Gasteiger partial charge in [0.2, 0.25) is 0 Å². The fraction of sp³-hybridized carbons (Fsp3) is 0.333. The topological polar surface area (TPSA) is 89.6 Å². The smallest absolute Gasteiger partial charge is 0.310 e. The Morgan fingerprint density at radius 2 is 1.94 bits per heavy atom. The van der Waals surface area contributed by atoms with E-state index in [4.69, 9.17) is 15.6 Å². The van der Waals surface area contributed by atoms with Gasteiger partial charge in [0, 0.05) is 12.5 Å². The molecule has 0 aliphatic rings. The van der Waals surface area contributed by atoms with Gasteiger partial charge in [0.15, 0.2) is 0 Å². The first-order valence-corrected chi connectivity index (χ1v) is 5.31. The molecular weight excluding hydrogens is 222 g/mol. The third-order valence-corrected chi connectivity index (χ3v) is 2.22. The summed E-state index contributed by atoms with van der Waals surface area (Å²) >= 11 is 0. The van der Waals surface area contributed by atoms with Gasteiger partial charge in [-0.2, -0.15) is 0 Å². The van der Waals surface area contributed by atoms with E-state index in [2.05, 4.69) is 0 Å². The van der Waals surface area contributed by atoms with Crippen LogP contribution in [-0.2, 0) is 9.59 Å². The van der Waals surface area contributed by atoms with Crippen molar-refractivity contribution < 1.29 is 19.4 Å². The molecule has 1 rings (SSSR count). The molecule has 5 nitrogen and oxygen atoms in total. The fourth-order valence-corrected chi connectivity index (χ4v) is 1.29. The molecule has 0 saturated carbocycles. The summed E-state index contributed by atoms with van der Waals surface area (Å²) in [6.45, 7) is 1.71. The standard InChI is InChI=1S/C12H15NO4/c1-2-12(16)17-9-5-3-8(4-6-9)10(13)7-11(14)15/h3-6,10H,2,7,13H2,1H3,(H,14,15). The number of ether oxygens (including phenoxy) is 1. The van der Waals surface area contributed by atoms with Crippen molar-refractivity contribution in [2.24, 2.45) is 5.73 Å². The summed E-state index contributed by atoms with van der Waals surface area (Å²) in [7, 11) is 0. The number of carbonyl (C=O) groups is 2. The lowest BCUT2D eigenvalue weighted by Crippen LogP contribution is -2.15. The Hall–Kier alpha value is -1.88. The van der Waals surface area contributed by atoms with Gasteiger partial charge in [-0.1, -0.05) is 19.1 Å². The maximum Gasteiger partial charge on any atom is 0.310 e. The van der Waals surface area contributed by atoms with E-state index in [9.17, 15) is 9.59 Å². The van der Waals surface area contributed by atoms with Gasteiger partial charge < -0.3 is 15.6 Å². The Balaban J connectivity index is 2.67. The van der Waals surface area contributed by atoms with Crippen molar-refractivity contribution in [2.45, 2.75) is 25.8 Å². The van der Waals surface area contributed by atoms with Crippen molar-refractivity contribution >= 4 is 11.9 Å². The molecule has 92 valence electrons. The Kier molecular flexibility index (Phi) is 4.66. The molecule has 5 heteroatoms. The minimum absolute atomic E-state index is 0.131. The van der Waals surface area contributed by atoms with Crippen LogP contribution in [0.25, 0.3) is 0 Å². The minimum Gasteiger partial charge on any atom is -0.481 e. The van der Waals surface area contributed by atoms with Crippen LogP contribution in [0.15, 0.2) is 24.3 Å². The number of rotatable bonds is 5. The number of nitrogens with two attached hydrogens (primary N) is 1. The quantitative estimate of drug-likeness (QED) is 0.598. The first-order chi connectivity index (χ1) is 8.02. The number of benzene rings is 1. The van der Waals surface area contributed by atoms with E-state index in [1.165, 1.54) is 0 Å². The second kappa shape index (κ2) is 6.00. The molecule has 0 aromatic heterocycles. The van der Waals surface area contributed by atoms with E-state index in [1.54, 1.807) is 31.2 Å². The zero-order chi connectivity index (χ0) is 12.8. The van der Waals surface area contributed by atoms with Gasteiger partial charge in [-0.15, -0.1) is 0 Å². The molecule has 1 atom stereocenters. The van der Waals surface area contributed by atoms with Gasteiger partial charge in [-0.05, 0) is 17.7 Å². The second-order valence-corrected chi connectivity index (χ2v) is 3.60. The van der Waals surface area contributed by atoms with Gasteiger partial charge in [-0.3, -0.25) is 9.59 Å². The monoisotopic (exact) mass is 237 g/mol. The molecule has 0 spiro atoms. The average molecular weight is 237 g/mol. The zero-order valence-electron chi connectivity index (χ0n) is 9.55. The van der Waals surface area contributed by atoms with Crippen molar-refractivity contribution in [3.63, 3.8) is 0 Å². The number of carboxylic acid groups (broad SMARTS) is 1. The van der Waals surface area contributed by atoms with E-state index in [1.807, 2.05) is 0 Å². The number of hydrogen-bond donors (Lipinski definition) is 2. The molecule has 1 unspecified atom stereocenters. The fourth-order valence-electron chi connectivity index (χ4n) is 1.29. The summed E-state index contributed by atoms with van der Waals surface area (Å²) in [4.78, 5) is 21.5. The van der Waals surface area contributed by atoms with E-state index >= 15 is 0 Å². The van der Waals surface area contributed by atoms with Crippen LogP contribution in [0.4, 0.5) is 0 Å². The van der Waals surface area contributed by atoms with Gasteiger partial charge in [0.1, 0.15) is 5.75 Å². The van der Waals surface area contributed by atoms with Gasteiger partial charge in [0.05, 0.1) is 6.42 Å². The summed E-state index contributed by atoms with van der Waals surface area (Å²) in [5, 5.41) is 8.60. The SMILES string of the molecule is CCC(=O)Oc1ccc(C(N)CC(=O)O)cc1. The summed E-state index contributed by atoms with van der Waals surface area (Å²) in [5.74, 6) is -0.824. The molecule has 3 N–H and O–H groups in total. The van der Waals surface area contributed by atoms with Crippen molar-refractivity contribution in [1.29, 1.82) is 0 Å². The summed E-state index contributed by atoms with van der Waals surface area (Å²) in [6.07, 6.45) is 0.175. The Morgan fingerprint density at radius 3 is 2.41 bits per heavy atom. The number of aliphatic carboxylic acids is 1. The van der Waals surface area contributed by atoms with E-state index in [0.29, 0.717) is 17.7 Å². The zero-order valence-corrected chi connectivity index (χ0v) is 9.55. The van der Waals surface area contributed by atoms with Crippen LogP contribution in [0.5, 0.6) is 5.75 Å². The number of esters is 1. The van der Waals surface area contributed by atoms with Crippen LogP contribution in [0.2, 0.25) is 0 Å². The molecule has 0 fully saturated rings. The van der Waals surface area contributed by atoms with E-state index < -0.39 is 12.0 Å². The largest absolute Gasteiger partial charge is 0.481 e. The molecule has 0 saturated heterocycles. The molecule has 0 aliphatic carbocycles. The molecule has 17 heavy (non-hydrogen) atoms. The lowest BCUT2D eigenvalue weighted by atomic mass is 10.0. The third kappa shape index (κ3) is 4.24. The highest BCUT2D eigenvalue weighted by atomic mass is 16.5. The van der Waals surface area contributed by atoms with Crippen LogP contribution < -0.4 is 10.5 Å². The molecule has 1 aromatic rings. The average Bonchev–Trinajstić information content (AvgIpc) is 2.28. The predicted octanol–water partition coefficient (Wildman–Crippen LogP) is 1.48. The van der Waals surface area contributed by atoms with E-state index in [-0.39, 0.29) is 12.4 Å². The molecule has 0 radical (unpaired) electrons. The maximum atomic E-state index is 11.0. The normalized spacial score (nSPS) is 11.9. The number of carbonyl (C=O) groups excluding carboxylic acids is 1. The highest BCUT2D eigenvalue weighted by molar-refractivity contribution is 5.72. The predicted molar refractivity (Wildman–Crippen MR) is 61.5 cm³/mol. The lowest BCUT2D eigenvalue weighted by Gasteiger charge is -2.10. The van der Waals surface area contributed by atoms with Gasteiger partial charge in [-0.25, -0.2) is 0 Å². The van der Waals surface area contributed by atoms with Gasteiger partial charge in [0.25, 0.3) is 0 Å². The van der Waals surface area contributed by atoms with Crippen LogP contribution in [0.1, 0.15) is 31.4 Å². The highest BCUT2D eigenvalue weighted by Crippen LogP contribution is 2.18. The van der Waals surface area contributed by atoms with Crippen LogP contribution in [0, 0.1) is 0 Å². The Labute approximate surface area is 99.2 Å². The second-order valence-electron chi connectivity index (χ2n) is 3.60. The van der Waals surface area contributed by atoms with Gasteiger partial charge >= 0.3 is 11.9 Å².